The van der Waals surface area contributed by atoms with E-state index in [1.54, 1.807) is 19.3 Å². The second-order valence-electron chi connectivity index (χ2n) is 10.3. The SMILES string of the molecule is CC(C)NCCOc1ncc(-c2cc3c(cc2F)ncc2c3[C@]3(C[C@@H](O)C3)C(=O)N2C)cc1NS(C)(=O)=O. The average molecular weight is 544 g/mol. The molecule has 12 heteroatoms. The molecular formula is C26H30FN5O5S. The number of aliphatic hydroxyl groups is 1. The number of aliphatic hydroxyl groups excluding tert-OH is 1. The van der Waals surface area contributed by atoms with E-state index in [-0.39, 0.29) is 48.5 Å². The largest absolute Gasteiger partial charge is 0.475 e. The Morgan fingerprint density at radius 1 is 1.24 bits per heavy atom. The van der Waals surface area contributed by atoms with E-state index < -0.39 is 27.4 Å². The molecule has 1 fully saturated rings. The number of pyridine rings is 2. The molecular weight excluding hydrogens is 513 g/mol. The maximum atomic E-state index is 15.4. The summed E-state index contributed by atoms with van der Waals surface area (Å²) in [5.74, 6) is -0.622. The third kappa shape index (κ3) is 4.56. The van der Waals surface area contributed by atoms with Crippen LogP contribution in [0.2, 0.25) is 0 Å². The lowest BCUT2D eigenvalue weighted by Crippen LogP contribution is -2.51. The van der Waals surface area contributed by atoms with Gasteiger partial charge in [0, 0.05) is 54.0 Å². The van der Waals surface area contributed by atoms with Gasteiger partial charge in [0.1, 0.15) is 18.1 Å². The van der Waals surface area contributed by atoms with Gasteiger partial charge in [0.2, 0.25) is 21.8 Å². The lowest BCUT2D eigenvalue weighted by atomic mass is 9.62. The van der Waals surface area contributed by atoms with Gasteiger partial charge in [-0.25, -0.2) is 17.8 Å². The molecule has 1 aliphatic heterocycles. The predicted octanol–water partition coefficient (Wildman–Crippen LogP) is 2.55. The van der Waals surface area contributed by atoms with Crippen LogP contribution in [0.5, 0.6) is 5.88 Å². The molecule has 0 bridgehead atoms. The van der Waals surface area contributed by atoms with Crippen molar-refractivity contribution in [3.05, 3.63) is 42.0 Å². The van der Waals surface area contributed by atoms with E-state index in [1.165, 1.54) is 23.2 Å². The summed E-state index contributed by atoms with van der Waals surface area (Å²) in [5, 5.41) is 13.9. The van der Waals surface area contributed by atoms with E-state index in [1.807, 2.05) is 13.8 Å². The summed E-state index contributed by atoms with van der Waals surface area (Å²) in [7, 11) is -2.01. The van der Waals surface area contributed by atoms with Gasteiger partial charge < -0.3 is 20.1 Å². The number of nitrogens with zero attached hydrogens (tertiary/aromatic N) is 3. The fraction of sp³-hybridized carbons (Fsp3) is 0.423. The van der Waals surface area contributed by atoms with Crippen LogP contribution in [0.25, 0.3) is 22.0 Å². The van der Waals surface area contributed by atoms with Gasteiger partial charge >= 0.3 is 0 Å². The Kier molecular flexibility index (Phi) is 6.52. The standard InChI is InChI=1S/C26H30FN5O5S/c1-14(2)28-5-6-37-24-21(31-38(4,35)36)7-15(12-30-24)17-8-18-20(9-19(17)27)29-13-22-23(18)26(10-16(33)11-26)25(34)32(22)3/h7-9,12-14,16,28,31,33H,5-6,10-11H2,1-4H3/t16-,26-. The van der Waals surface area contributed by atoms with Gasteiger partial charge in [0.05, 0.1) is 35.2 Å². The number of hydrogen-bond donors (Lipinski definition) is 3. The molecule has 202 valence electrons. The zero-order valence-electron chi connectivity index (χ0n) is 21.6. The molecule has 1 aromatic carbocycles. The summed E-state index contributed by atoms with van der Waals surface area (Å²) in [5.41, 5.74) is 1.43. The number of benzene rings is 1. The molecule has 5 rings (SSSR count). The summed E-state index contributed by atoms with van der Waals surface area (Å²) in [6, 6.07) is 4.64. The summed E-state index contributed by atoms with van der Waals surface area (Å²) >= 11 is 0. The molecule has 3 N–H and O–H groups in total. The molecule has 1 aliphatic carbocycles. The normalized spacial score (nSPS) is 20.8. The smallest absolute Gasteiger partial charge is 0.238 e. The van der Waals surface area contributed by atoms with Crippen molar-refractivity contribution in [1.29, 1.82) is 0 Å². The molecule has 0 unspecified atom stereocenters. The molecule has 10 nitrogen and oxygen atoms in total. The van der Waals surface area contributed by atoms with Gasteiger partial charge in [-0.2, -0.15) is 0 Å². The van der Waals surface area contributed by atoms with Crippen molar-refractivity contribution in [2.45, 2.75) is 44.2 Å². The molecule has 2 aromatic heterocycles. The number of aromatic nitrogens is 2. The molecule has 1 spiro atoms. The first-order chi connectivity index (χ1) is 17.9. The molecule has 3 heterocycles. The predicted molar refractivity (Wildman–Crippen MR) is 142 cm³/mol. The van der Waals surface area contributed by atoms with Crippen molar-refractivity contribution < 1.29 is 27.4 Å². The minimum atomic E-state index is -3.68. The lowest BCUT2D eigenvalue weighted by molar-refractivity contribution is -0.130. The summed E-state index contributed by atoms with van der Waals surface area (Å²) in [6.07, 6.45) is 3.98. The maximum Gasteiger partial charge on any atom is 0.238 e. The number of carbonyl (C=O) groups is 1. The van der Waals surface area contributed by atoms with Crippen LogP contribution in [-0.2, 0) is 20.2 Å². The number of halogens is 1. The van der Waals surface area contributed by atoms with Crippen LogP contribution in [0.15, 0.2) is 30.6 Å². The van der Waals surface area contributed by atoms with Crippen molar-refractivity contribution in [3.63, 3.8) is 0 Å². The van der Waals surface area contributed by atoms with Gasteiger partial charge in [0.25, 0.3) is 0 Å². The van der Waals surface area contributed by atoms with Gasteiger partial charge in [0.15, 0.2) is 0 Å². The first kappa shape index (κ1) is 26.3. The number of ether oxygens (including phenoxy) is 1. The second kappa shape index (κ2) is 9.44. The van der Waals surface area contributed by atoms with Crippen molar-refractivity contribution >= 4 is 38.2 Å². The van der Waals surface area contributed by atoms with E-state index in [4.69, 9.17) is 4.74 Å². The number of carbonyl (C=O) groups excluding carboxylic acids is 1. The Labute approximate surface area is 220 Å². The zero-order valence-corrected chi connectivity index (χ0v) is 22.4. The summed E-state index contributed by atoms with van der Waals surface area (Å²) in [4.78, 5) is 23.4. The van der Waals surface area contributed by atoms with Gasteiger partial charge in [-0.05, 0) is 25.0 Å². The topological polar surface area (TPSA) is 134 Å². The van der Waals surface area contributed by atoms with Crippen molar-refractivity contribution in [2.24, 2.45) is 0 Å². The number of anilines is 2. The molecule has 2 aliphatic rings. The number of nitrogens with one attached hydrogen (secondary N) is 2. The Hall–Kier alpha value is -3.35. The Bertz CT molecular complexity index is 1540. The van der Waals surface area contributed by atoms with Crippen LogP contribution in [0, 0.1) is 5.82 Å². The molecule has 0 saturated heterocycles. The van der Waals surface area contributed by atoms with Gasteiger partial charge in [-0.1, -0.05) is 13.8 Å². The maximum absolute atomic E-state index is 15.4. The van der Waals surface area contributed by atoms with Crippen LogP contribution in [-0.4, -0.2) is 68.0 Å². The highest BCUT2D eigenvalue weighted by molar-refractivity contribution is 7.92. The number of hydrogen-bond acceptors (Lipinski definition) is 8. The molecule has 3 aromatic rings. The molecule has 0 atom stereocenters. The highest BCUT2D eigenvalue weighted by atomic mass is 32.2. The minimum absolute atomic E-state index is 0.0723. The second-order valence-corrected chi connectivity index (χ2v) is 12.0. The quantitative estimate of drug-likeness (QED) is 0.369. The van der Waals surface area contributed by atoms with E-state index in [0.29, 0.717) is 28.7 Å². The average Bonchev–Trinajstić information content (AvgIpc) is 3.03. The zero-order chi connectivity index (χ0) is 27.4. The van der Waals surface area contributed by atoms with Crippen molar-refractivity contribution in [1.82, 2.24) is 15.3 Å². The summed E-state index contributed by atoms with van der Waals surface area (Å²) in [6.45, 7) is 4.77. The van der Waals surface area contributed by atoms with Crippen LogP contribution >= 0.6 is 0 Å². The molecule has 0 radical (unpaired) electrons. The first-order valence-electron chi connectivity index (χ1n) is 12.3. The van der Waals surface area contributed by atoms with Crippen LogP contribution in [0.3, 0.4) is 0 Å². The van der Waals surface area contributed by atoms with Crippen LogP contribution in [0.4, 0.5) is 15.8 Å². The lowest BCUT2D eigenvalue weighted by Gasteiger charge is -2.41. The van der Waals surface area contributed by atoms with Crippen LogP contribution in [0.1, 0.15) is 32.3 Å². The number of likely N-dealkylation sites (N-methyl/N-ethyl adjacent to an activating group) is 1. The highest BCUT2D eigenvalue weighted by Gasteiger charge is 2.58. The summed E-state index contributed by atoms with van der Waals surface area (Å²) < 4.78 is 47.6. The molecule has 1 amide bonds. The molecule has 1 saturated carbocycles. The van der Waals surface area contributed by atoms with E-state index in [2.05, 4.69) is 20.0 Å². The number of fused-ring (bicyclic) bond motifs is 4. The third-order valence-corrected chi connectivity index (χ3v) is 7.60. The van der Waals surface area contributed by atoms with E-state index >= 15 is 4.39 Å². The number of amides is 1. The first-order valence-corrected chi connectivity index (χ1v) is 14.2. The van der Waals surface area contributed by atoms with E-state index in [0.717, 1.165) is 11.8 Å². The van der Waals surface area contributed by atoms with Gasteiger partial charge in [-0.15, -0.1) is 0 Å². The number of sulfonamides is 1. The third-order valence-electron chi connectivity index (χ3n) is 7.01. The Morgan fingerprint density at radius 3 is 2.63 bits per heavy atom. The van der Waals surface area contributed by atoms with E-state index in [9.17, 15) is 18.3 Å². The monoisotopic (exact) mass is 543 g/mol. The Balaban J connectivity index is 1.59. The number of rotatable bonds is 8. The van der Waals surface area contributed by atoms with Gasteiger partial charge in [-0.3, -0.25) is 14.5 Å². The van der Waals surface area contributed by atoms with Crippen LogP contribution < -0.4 is 19.7 Å². The van der Waals surface area contributed by atoms with Crippen molar-refractivity contribution in [2.75, 3.05) is 36.1 Å². The van der Waals surface area contributed by atoms with Crippen molar-refractivity contribution in [3.8, 4) is 17.0 Å². The highest BCUT2D eigenvalue weighted by Crippen LogP contribution is 2.55. The molecule has 38 heavy (non-hydrogen) atoms. The Morgan fingerprint density at radius 2 is 1.97 bits per heavy atom. The minimum Gasteiger partial charge on any atom is -0.475 e. The fourth-order valence-corrected chi connectivity index (χ4v) is 5.87. The fourth-order valence-electron chi connectivity index (χ4n) is 5.32.